The number of hydrogen-bond acceptors (Lipinski definition) is 1. The van der Waals surface area contributed by atoms with Gasteiger partial charge in [-0.2, -0.15) is 0 Å². The molecule has 0 radical (unpaired) electrons. The Hall–Kier alpha value is 0.310. The number of nitrogens with zero attached hydrogens (tertiary/aromatic N) is 1. The zero-order chi connectivity index (χ0) is 14.5. The van der Waals surface area contributed by atoms with E-state index in [9.17, 15) is 0 Å². The van der Waals surface area contributed by atoms with Gasteiger partial charge in [0, 0.05) is 0 Å². The molecule has 0 bridgehead atoms. The van der Waals surface area contributed by atoms with Crippen LogP contribution in [-0.2, 0) is 18.8 Å². The maximum atomic E-state index is 2.95. The van der Waals surface area contributed by atoms with Gasteiger partial charge in [-0.1, -0.05) is 0 Å². The van der Waals surface area contributed by atoms with Gasteiger partial charge < -0.3 is 0 Å². The van der Waals surface area contributed by atoms with Crippen molar-refractivity contribution in [3.63, 3.8) is 0 Å². The molecular formula is C17H32HfN. The topological polar surface area (TPSA) is 3.24 Å². The molecule has 0 aromatic rings. The molecule has 1 fully saturated rings. The molecule has 1 aliphatic carbocycles. The van der Waals surface area contributed by atoms with E-state index >= 15 is 0 Å². The summed E-state index contributed by atoms with van der Waals surface area (Å²) < 4.78 is 11.3. The van der Waals surface area contributed by atoms with Crippen LogP contribution in [0.4, 0.5) is 0 Å². The van der Waals surface area contributed by atoms with Crippen molar-refractivity contribution in [3.8, 4) is 0 Å². The molecule has 1 atom stereocenters. The summed E-state index contributed by atoms with van der Waals surface area (Å²) in [6.45, 7) is 12.2. The van der Waals surface area contributed by atoms with E-state index in [2.05, 4.69) is 50.7 Å². The van der Waals surface area contributed by atoms with Gasteiger partial charge >= 0.3 is 122 Å². The van der Waals surface area contributed by atoms with Gasteiger partial charge in [0.05, 0.1) is 0 Å². The summed E-state index contributed by atoms with van der Waals surface area (Å²) >= 11 is -3.08. The molecule has 2 rings (SSSR count). The quantitative estimate of drug-likeness (QED) is 0.510. The van der Waals surface area contributed by atoms with Crippen LogP contribution in [0.1, 0.15) is 47.0 Å². The van der Waals surface area contributed by atoms with Crippen LogP contribution in [0.3, 0.4) is 0 Å². The van der Waals surface area contributed by atoms with Crippen molar-refractivity contribution in [1.29, 1.82) is 0 Å². The molecule has 0 spiro atoms. The van der Waals surface area contributed by atoms with Gasteiger partial charge in [-0.15, -0.1) is 0 Å². The average molecular weight is 429 g/mol. The SMILES string of the molecule is CC1=C[C](C)([Hf]([CH3])([CH3])([CH3])[N]2CCCCC2)C(C)=C1C. The Balaban J connectivity index is 2.49. The second kappa shape index (κ2) is 4.66. The molecule has 1 saturated heterocycles. The van der Waals surface area contributed by atoms with Crippen LogP contribution >= 0.6 is 0 Å². The predicted octanol–water partition coefficient (Wildman–Crippen LogP) is 5.70. The third-order valence-corrected chi connectivity index (χ3v) is 31.0. The molecule has 0 saturated carbocycles. The monoisotopic (exact) mass is 430 g/mol. The minimum absolute atomic E-state index is 0.350. The standard InChI is InChI=1S/C9H13.C5H10N.3CH3.Hf/c1-6-5-7(2)9(4)8(6)3;1-2-4-6-5-3-1;;;;/h5H,1-4H3;1-5H2;3*1H3;/q;-1;;;;+1. The fourth-order valence-electron chi connectivity index (χ4n) is 4.23. The van der Waals surface area contributed by atoms with Crippen molar-refractivity contribution in [1.82, 2.24) is 2.89 Å². The van der Waals surface area contributed by atoms with Crippen LogP contribution in [0.15, 0.2) is 22.8 Å². The molecular weight excluding hydrogens is 397 g/mol. The molecule has 0 aromatic carbocycles. The molecule has 109 valence electrons. The first-order valence-corrected chi connectivity index (χ1v) is 22.1. The van der Waals surface area contributed by atoms with Crippen LogP contribution < -0.4 is 0 Å². The third-order valence-electron chi connectivity index (χ3n) is 6.69. The Morgan fingerprint density at radius 3 is 1.95 bits per heavy atom. The van der Waals surface area contributed by atoms with Crippen LogP contribution in [0, 0.1) is 0 Å². The van der Waals surface area contributed by atoms with Crippen LogP contribution in [0.5, 0.6) is 0 Å². The van der Waals surface area contributed by atoms with Gasteiger partial charge in [-0.05, 0) is 0 Å². The summed E-state index contributed by atoms with van der Waals surface area (Å²) in [6.07, 6.45) is 6.86. The number of allylic oxidation sites excluding steroid dienone is 4. The van der Waals surface area contributed by atoms with Crippen molar-refractivity contribution in [2.45, 2.75) is 64.2 Å². The Morgan fingerprint density at radius 2 is 1.53 bits per heavy atom. The average Bonchev–Trinajstić information content (AvgIpc) is 2.56. The van der Waals surface area contributed by atoms with E-state index in [-0.39, 0.29) is 0 Å². The van der Waals surface area contributed by atoms with Gasteiger partial charge in [0.15, 0.2) is 0 Å². The van der Waals surface area contributed by atoms with Gasteiger partial charge in [0.25, 0.3) is 0 Å². The molecule has 2 aliphatic rings. The molecule has 1 unspecified atom stereocenters. The number of hydrogen-bond donors (Lipinski definition) is 0. The van der Waals surface area contributed by atoms with Crippen molar-refractivity contribution < 1.29 is 18.8 Å². The second-order valence-corrected chi connectivity index (χ2v) is 36.2. The van der Waals surface area contributed by atoms with Gasteiger partial charge in [0.2, 0.25) is 0 Å². The molecule has 1 nitrogen and oxygen atoms in total. The van der Waals surface area contributed by atoms with Crippen molar-refractivity contribution in [3.05, 3.63) is 22.8 Å². The van der Waals surface area contributed by atoms with E-state index in [1.807, 2.05) is 0 Å². The summed E-state index contributed by atoms with van der Waals surface area (Å²) in [5.74, 6) is 0. The fraction of sp³-hybridized carbons (Fsp3) is 0.765. The zero-order valence-corrected chi connectivity index (χ0v) is 17.7. The van der Waals surface area contributed by atoms with Crippen molar-refractivity contribution in [2.75, 3.05) is 13.1 Å². The first-order valence-electron chi connectivity index (χ1n) is 7.93. The van der Waals surface area contributed by atoms with E-state index in [0.717, 1.165) is 0 Å². The van der Waals surface area contributed by atoms with Crippen LogP contribution in [0.25, 0.3) is 0 Å². The van der Waals surface area contributed by atoms with Crippen LogP contribution in [-0.4, -0.2) is 16.0 Å². The van der Waals surface area contributed by atoms with E-state index in [1.165, 1.54) is 37.9 Å². The van der Waals surface area contributed by atoms with Crippen LogP contribution in [0.2, 0.25) is 17.2 Å². The predicted molar refractivity (Wildman–Crippen MR) is 83.5 cm³/mol. The first-order chi connectivity index (χ1) is 8.59. The zero-order valence-electron chi connectivity index (χ0n) is 14.1. The molecule has 1 aliphatic heterocycles. The fourth-order valence-corrected chi connectivity index (χ4v) is 21.2. The molecule has 1 heterocycles. The second-order valence-electron chi connectivity index (χ2n) is 8.36. The maximum absolute atomic E-state index is 3.08. The van der Waals surface area contributed by atoms with E-state index in [0.29, 0.717) is 3.17 Å². The Kier molecular flexibility index (Phi) is 3.85. The summed E-state index contributed by atoms with van der Waals surface area (Å²) in [5, 5.41) is 0. The summed E-state index contributed by atoms with van der Waals surface area (Å²) in [7, 11) is 0. The Morgan fingerprint density at radius 1 is 1.00 bits per heavy atom. The normalized spacial score (nSPS) is 32.2. The van der Waals surface area contributed by atoms with Crippen molar-refractivity contribution >= 4 is 0 Å². The van der Waals surface area contributed by atoms with Crippen molar-refractivity contribution in [2.24, 2.45) is 0 Å². The first kappa shape index (κ1) is 15.7. The third kappa shape index (κ3) is 2.18. The van der Waals surface area contributed by atoms with Gasteiger partial charge in [-0.3, -0.25) is 0 Å². The van der Waals surface area contributed by atoms with E-state index < -0.39 is 18.8 Å². The number of rotatable bonds is 2. The van der Waals surface area contributed by atoms with Gasteiger partial charge in [0.1, 0.15) is 0 Å². The summed E-state index contributed by atoms with van der Waals surface area (Å²) in [5.41, 5.74) is 4.72. The molecule has 2 heteroatoms. The molecule has 19 heavy (non-hydrogen) atoms. The summed E-state index contributed by atoms with van der Waals surface area (Å²) in [4.78, 5) is 0. The summed E-state index contributed by atoms with van der Waals surface area (Å²) in [6, 6.07) is 0. The van der Waals surface area contributed by atoms with E-state index in [1.54, 1.807) is 11.1 Å². The minimum atomic E-state index is -3.08. The Labute approximate surface area is 121 Å². The van der Waals surface area contributed by atoms with E-state index in [4.69, 9.17) is 0 Å². The molecule has 0 N–H and O–H groups in total. The number of piperidine rings is 1. The Bertz CT molecular complexity index is 444. The molecule has 0 aromatic heterocycles. The van der Waals surface area contributed by atoms with Gasteiger partial charge in [-0.25, -0.2) is 0 Å². The molecule has 0 amide bonds.